The van der Waals surface area contributed by atoms with Gasteiger partial charge < -0.3 is 19.1 Å². The monoisotopic (exact) mass is 410 g/mol. The quantitative estimate of drug-likeness (QED) is 0.702. The van der Waals surface area contributed by atoms with Crippen LogP contribution in [-0.4, -0.2) is 62.9 Å². The second-order valence-electron chi connectivity index (χ2n) is 9.48. The van der Waals surface area contributed by atoms with E-state index in [4.69, 9.17) is 14.2 Å². The minimum atomic E-state index is -0.0242. The van der Waals surface area contributed by atoms with Gasteiger partial charge >= 0.3 is 0 Å². The first-order valence-corrected chi connectivity index (χ1v) is 10.8. The molecule has 6 nitrogen and oxygen atoms in total. The number of ether oxygens (including phenoxy) is 3. The first-order chi connectivity index (χ1) is 14.2. The van der Waals surface area contributed by atoms with Gasteiger partial charge in [-0.2, -0.15) is 0 Å². The van der Waals surface area contributed by atoms with Crippen molar-refractivity contribution in [1.82, 2.24) is 4.90 Å². The molecule has 1 aliphatic carbocycles. The highest BCUT2D eigenvalue weighted by atomic mass is 16.5. The van der Waals surface area contributed by atoms with E-state index in [-0.39, 0.29) is 30.9 Å². The molecule has 4 fully saturated rings. The van der Waals surface area contributed by atoms with Crippen LogP contribution in [0, 0.1) is 11.8 Å². The van der Waals surface area contributed by atoms with Gasteiger partial charge in [0.05, 0.1) is 45.1 Å². The van der Waals surface area contributed by atoms with Gasteiger partial charge in [-0.3, -0.25) is 9.69 Å². The highest BCUT2D eigenvalue weighted by molar-refractivity contribution is 5.99. The second-order valence-corrected chi connectivity index (χ2v) is 9.48. The van der Waals surface area contributed by atoms with Gasteiger partial charge in [0.1, 0.15) is 0 Å². The van der Waals surface area contributed by atoms with Crippen LogP contribution in [0.3, 0.4) is 0 Å². The lowest BCUT2D eigenvalue weighted by atomic mass is 9.53. The summed E-state index contributed by atoms with van der Waals surface area (Å²) in [7, 11) is 3.36. The molecule has 6 atom stereocenters. The molecular formula is C24H30N2O4. The number of hydrogen-bond acceptors (Lipinski definition) is 5. The molecule has 6 heteroatoms. The van der Waals surface area contributed by atoms with E-state index in [1.165, 1.54) is 12.0 Å². The Morgan fingerprint density at radius 2 is 2.00 bits per heavy atom. The smallest absolute Gasteiger partial charge is 0.229 e. The number of benzene rings is 1. The summed E-state index contributed by atoms with van der Waals surface area (Å²) in [6.07, 6.45) is 5.11. The predicted octanol–water partition coefficient (Wildman–Crippen LogP) is 2.75. The van der Waals surface area contributed by atoms with Crippen molar-refractivity contribution in [3.8, 4) is 11.5 Å². The molecule has 0 aromatic heterocycles. The number of carbonyl (C=O) groups is 1. The van der Waals surface area contributed by atoms with Crippen molar-refractivity contribution in [2.24, 2.45) is 11.8 Å². The SMILES string of the molecule is C.COc1cc2c(cc1OC)[C@@]13CCN4CC5=CCOC6CC(=O)N2C1[C@H]6[C@H]5C[C@H]43. The van der Waals surface area contributed by atoms with Crippen LogP contribution >= 0.6 is 0 Å². The maximum atomic E-state index is 13.5. The maximum Gasteiger partial charge on any atom is 0.229 e. The Labute approximate surface area is 177 Å². The molecule has 160 valence electrons. The summed E-state index contributed by atoms with van der Waals surface area (Å²) < 4.78 is 17.6. The van der Waals surface area contributed by atoms with Crippen molar-refractivity contribution >= 4 is 11.6 Å². The number of methoxy groups -OCH3 is 2. The van der Waals surface area contributed by atoms with Crippen LogP contribution in [0.4, 0.5) is 5.69 Å². The summed E-state index contributed by atoms with van der Waals surface area (Å²) in [5.41, 5.74) is 3.85. The molecule has 1 aromatic carbocycles. The molecule has 2 bridgehead atoms. The van der Waals surface area contributed by atoms with Gasteiger partial charge in [-0.05, 0) is 36.9 Å². The molecule has 5 aliphatic heterocycles. The van der Waals surface area contributed by atoms with E-state index >= 15 is 0 Å². The molecule has 1 spiro atoms. The Balaban J connectivity index is 0.00000175. The third kappa shape index (κ3) is 1.91. The van der Waals surface area contributed by atoms with Gasteiger partial charge in [0, 0.05) is 30.0 Å². The molecule has 1 amide bonds. The summed E-state index contributed by atoms with van der Waals surface area (Å²) in [5.74, 6) is 2.57. The van der Waals surface area contributed by atoms with E-state index in [9.17, 15) is 4.79 Å². The summed E-state index contributed by atoms with van der Waals surface area (Å²) in [6.45, 7) is 2.80. The molecule has 5 heterocycles. The van der Waals surface area contributed by atoms with Crippen molar-refractivity contribution in [3.63, 3.8) is 0 Å². The number of carbonyl (C=O) groups excluding carboxylic acids is 1. The number of amides is 1. The summed E-state index contributed by atoms with van der Waals surface area (Å²) in [6, 6.07) is 4.87. The summed E-state index contributed by atoms with van der Waals surface area (Å²) in [4.78, 5) is 18.3. The van der Waals surface area contributed by atoms with Crippen molar-refractivity contribution in [2.45, 2.75) is 50.3 Å². The Bertz CT molecular complexity index is 974. The molecule has 1 aromatic rings. The van der Waals surface area contributed by atoms with E-state index in [0.717, 1.165) is 30.9 Å². The topological polar surface area (TPSA) is 51.2 Å². The lowest BCUT2D eigenvalue weighted by molar-refractivity contribution is -0.132. The Morgan fingerprint density at radius 1 is 1.20 bits per heavy atom. The fourth-order valence-electron chi connectivity index (χ4n) is 7.87. The van der Waals surface area contributed by atoms with Gasteiger partial charge in [0.2, 0.25) is 5.91 Å². The predicted molar refractivity (Wildman–Crippen MR) is 113 cm³/mol. The highest BCUT2D eigenvalue weighted by Gasteiger charge is 2.71. The standard InChI is InChI=1S/C23H26N2O4.CH4/c1-27-16-8-14-15(9-17(16)28-2)25-20(26)10-18-21-13-7-19-23(14,22(21)25)4-5-24(19)11-12(13)3-6-29-18;/h3,8-9,13,18-19,21-22H,4-7,10-11H2,1-2H3;1H4/t13-,18?,19-,21-,22?,23+;/m0./s1. The van der Waals surface area contributed by atoms with Gasteiger partial charge in [-0.1, -0.05) is 19.1 Å². The number of piperidine rings is 2. The molecule has 7 rings (SSSR count). The number of rotatable bonds is 2. The fourth-order valence-corrected chi connectivity index (χ4v) is 7.87. The first-order valence-electron chi connectivity index (χ1n) is 10.8. The zero-order chi connectivity index (χ0) is 19.5. The van der Waals surface area contributed by atoms with E-state index < -0.39 is 0 Å². The molecule has 0 radical (unpaired) electrons. The number of anilines is 1. The Morgan fingerprint density at radius 3 is 2.80 bits per heavy atom. The minimum Gasteiger partial charge on any atom is -0.493 e. The van der Waals surface area contributed by atoms with Crippen LogP contribution in [0.5, 0.6) is 11.5 Å². The van der Waals surface area contributed by atoms with Crippen LogP contribution in [0.2, 0.25) is 0 Å². The largest absolute Gasteiger partial charge is 0.493 e. The van der Waals surface area contributed by atoms with Crippen molar-refractivity contribution < 1.29 is 19.0 Å². The summed E-state index contributed by atoms with van der Waals surface area (Å²) in [5, 5.41) is 0. The first kappa shape index (κ1) is 18.7. The van der Waals surface area contributed by atoms with Crippen LogP contribution < -0.4 is 14.4 Å². The van der Waals surface area contributed by atoms with E-state index in [0.29, 0.717) is 36.7 Å². The molecule has 0 N–H and O–H groups in total. The lowest BCUT2D eigenvalue weighted by Gasteiger charge is -2.58. The fraction of sp³-hybridized carbons (Fsp3) is 0.625. The van der Waals surface area contributed by atoms with Crippen LogP contribution in [0.25, 0.3) is 0 Å². The molecule has 6 aliphatic rings. The minimum absolute atomic E-state index is 0. The molecule has 2 unspecified atom stereocenters. The third-order valence-electron chi connectivity index (χ3n) is 8.81. The van der Waals surface area contributed by atoms with Crippen LogP contribution in [0.1, 0.15) is 32.3 Å². The second kappa shape index (κ2) is 6.01. The van der Waals surface area contributed by atoms with Crippen molar-refractivity contribution in [1.29, 1.82) is 0 Å². The summed E-state index contributed by atoms with van der Waals surface area (Å²) >= 11 is 0. The average molecular weight is 411 g/mol. The van der Waals surface area contributed by atoms with E-state index in [1.54, 1.807) is 19.8 Å². The zero-order valence-corrected chi connectivity index (χ0v) is 16.9. The van der Waals surface area contributed by atoms with Crippen LogP contribution in [-0.2, 0) is 14.9 Å². The van der Waals surface area contributed by atoms with Crippen LogP contribution in [0.15, 0.2) is 23.8 Å². The molecule has 1 saturated carbocycles. The molecule has 3 saturated heterocycles. The van der Waals surface area contributed by atoms with Crippen molar-refractivity contribution in [2.75, 3.05) is 38.8 Å². The zero-order valence-electron chi connectivity index (χ0n) is 16.9. The Hall–Kier alpha value is -2.05. The highest BCUT2D eigenvalue weighted by Crippen LogP contribution is 2.66. The van der Waals surface area contributed by atoms with Gasteiger partial charge in [-0.15, -0.1) is 0 Å². The van der Waals surface area contributed by atoms with E-state index in [1.807, 2.05) is 6.07 Å². The maximum absolute atomic E-state index is 13.5. The number of fused-ring (bicyclic) bond motifs is 2. The Kier molecular flexibility index (Phi) is 3.75. The normalized spacial score (nSPS) is 39.7. The number of hydrogen-bond donors (Lipinski definition) is 0. The van der Waals surface area contributed by atoms with Gasteiger partial charge in [-0.25, -0.2) is 0 Å². The lowest BCUT2D eigenvalue weighted by Crippen LogP contribution is -2.69. The number of nitrogens with zero attached hydrogens (tertiary/aromatic N) is 2. The van der Waals surface area contributed by atoms with E-state index in [2.05, 4.69) is 21.9 Å². The van der Waals surface area contributed by atoms with Gasteiger partial charge in [0.15, 0.2) is 11.5 Å². The molecule has 30 heavy (non-hydrogen) atoms. The third-order valence-corrected chi connectivity index (χ3v) is 8.81. The molecular weight excluding hydrogens is 380 g/mol. The van der Waals surface area contributed by atoms with Gasteiger partial charge in [0.25, 0.3) is 0 Å². The average Bonchev–Trinajstić information content (AvgIpc) is 3.20. The van der Waals surface area contributed by atoms with Crippen molar-refractivity contribution in [3.05, 3.63) is 29.3 Å².